The third kappa shape index (κ3) is 2.07. The van der Waals surface area contributed by atoms with Gasteiger partial charge in [0.1, 0.15) is 5.75 Å². The van der Waals surface area contributed by atoms with E-state index < -0.39 is 6.10 Å². The van der Waals surface area contributed by atoms with Gasteiger partial charge in [-0.05, 0) is 12.5 Å². The highest BCUT2D eigenvalue weighted by atomic mass is 16.3. The third-order valence-corrected chi connectivity index (χ3v) is 2.42. The van der Waals surface area contributed by atoms with E-state index in [1.54, 1.807) is 4.90 Å². The maximum Gasteiger partial charge on any atom is 0.255 e. The molecular weight excluding hydrogens is 196 g/mol. The van der Waals surface area contributed by atoms with Crippen molar-refractivity contribution in [3.63, 3.8) is 0 Å². The van der Waals surface area contributed by atoms with Crippen molar-refractivity contribution in [1.29, 1.82) is 0 Å². The number of aromatic hydroxyl groups is 1. The van der Waals surface area contributed by atoms with E-state index in [4.69, 9.17) is 0 Å². The van der Waals surface area contributed by atoms with Crippen LogP contribution < -0.4 is 0 Å². The molecule has 2 heterocycles. The van der Waals surface area contributed by atoms with E-state index in [9.17, 15) is 15.0 Å². The van der Waals surface area contributed by atoms with Gasteiger partial charge in [0.2, 0.25) is 0 Å². The van der Waals surface area contributed by atoms with Crippen LogP contribution in [0.1, 0.15) is 16.8 Å². The summed E-state index contributed by atoms with van der Waals surface area (Å²) in [5, 5.41) is 18.5. The minimum absolute atomic E-state index is 0.0272. The summed E-state index contributed by atoms with van der Waals surface area (Å²) in [7, 11) is 0. The number of aromatic nitrogens is 1. The van der Waals surface area contributed by atoms with Crippen molar-refractivity contribution in [3.05, 3.63) is 24.0 Å². The Morgan fingerprint density at radius 1 is 1.53 bits per heavy atom. The minimum atomic E-state index is -0.431. The summed E-state index contributed by atoms with van der Waals surface area (Å²) in [5.74, 6) is -0.226. The summed E-state index contributed by atoms with van der Waals surface area (Å²) in [5.41, 5.74) is 0.351. The number of likely N-dealkylation sites (tertiary alicyclic amines) is 1. The largest absolute Gasteiger partial charge is 0.506 e. The smallest absolute Gasteiger partial charge is 0.255 e. The van der Waals surface area contributed by atoms with Crippen molar-refractivity contribution in [1.82, 2.24) is 9.88 Å². The molecule has 1 aromatic rings. The number of β-amino-alcohol motifs (C(OH)–C–C–N with tert-alkyl or cyclic N) is 1. The van der Waals surface area contributed by atoms with Gasteiger partial charge in [-0.2, -0.15) is 0 Å². The number of rotatable bonds is 1. The Labute approximate surface area is 87.0 Å². The summed E-state index contributed by atoms with van der Waals surface area (Å²) < 4.78 is 0. The number of hydrogen-bond acceptors (Lipinski definition) is 4. The zero-order chi connectivity index (χ0) is 10.8. The lowest BCUT2D eigenvalue weighted by Gasteiger charge is -2.14. The van der Waals surface area contributed by atoms with Crippen LogP contribution in [0.3, 0.4) is 0 Å². The Kier molecular flexibility index (Phi) is 2.55. The molecule has 1 aliphatic rings. The Morgan fingerprint density at radius 3 is 2.93 bits per heavy atom. The van der Waals surface area contributed by atoms with E-state index >= 15 is 0 Å². The average molecular weight is 208 g/mol. The highest BCUT2D eigenvalue weighted by Crippen LogP contribution is 2.15. The van der Waals surface area contributed by atoms with Crippen molar-refractivity contribution < 1.29 is 15.0 Å². The fraction of sp³-hybridized carbons (Fsp3) is 0.400. The van der Waals surface area contributed by atoms with E-state index in [1.807, 2.05) is 0 Å². The van der Waals surface area contributed by atoms with Crippen LogP contribution >= 0.6 is 0 Å². The Balaban J connectivity index is 2.14. The third-order valence-electron chi connectivity index (χ3n) is 2.42. The Morgan fingerprint density at radius 2 is 2.33 bits per heavy atom. The van der Waals surface area contributed by atoms with Gasteiger partial charge < -0.3 is 15.1 Å². The van der Waals surface area contributed by atoms with Crippen LogP contribution in [0.25, 0.3) is 0 Å². The van der Waals surface area contributed by atoms with E-state index in [0.717, 1.165) is 0 Å². The lowest BCUT2D eigenvalue weighted by atomic mass is 10.2. The van der Waals surface area contributed by atoms with E-state index in [1.165, 1.54) is 18.5 Å². The van der Waals surface area contributed by atoms with E-state index in [0.29, 0.717) is 25.1 Å². The molecule has 80 valence electrons. The van der Waals surface area contributed by atoms with Gasteiger partial charge in [-0.3, -0.25) is 9.78 Å². The quantitative estimate of drug-likeness (QED) is 0.681. The number of pyridine rings is 1. The molecule has 0 spiro atoms. The molecule has 0 aromatic carbocycles. The molecule has 0 aliphatic carbocycles. The normalized spacial score (nSPS) is 20.6. The molecule has 15 heavy (non-hydrogen) atoms. The van der Waals surface area contributed by atoms with Crippen LogP contribution in [-0.4, -0.2) is 45.2 Å². The van der Waals surface area contributed by atoms with Crippen LogP contribution in [0.15, 0.2) is 18.5 Å². The lowest BCUT2D eigenvalue weighted by Crippen LogP contribution is -2.29. The maximum atomic E-state index is 11.8. The topological polar surface area (TPSA) is 73.7 Å². The van der Waals surface area contributed by atoms with Crippen LogP contribution in [0.2, 0.25) is 0 Å². The van der Waals surface area contributed by atoms with Gasteiger partial charge in [-0.15, -0.1) is 0 Å². The molecule has 5 heteroatoms. The first-order valence-electron chi connectivity index (χ1n) is 4.78. The SMILES string of the molecule is O=C(c1cncc(O)c1)N1CC[C@@H](O)C1. The van der Waals surface area contributed by atoms with E-state index in [-0.39, 0.29) is 11.7 Å². The number of amides is 1. The van der Waals surface area contributed by atoms with Crippen LogP contribution in [-0.2, 0) is 0 Å². The van der Waals surface area contributed by atoms with Gasteiger partial charge >= 0.3 is 0 Å². The fourth-order valence-electron chi connectivity index (χ4n) is 1.65. The van der Waals surface area contributed by atoms with Gasteiger partial charge in [0.05, 0.1) is 17.9 Å². The standard InChI is InChI=1S/C10H12N2O3/c13-8-1-2-12(6-8)10(15)7-3-9(14)5-11-4-7/h3-5,8,13-14H,1-2,6H2/t8-/m1/s1. The predicted molar refractivity (Wildman–Crippen MR) is 52.4 cm³/mol. The summed E-state index contributed by atoms with van der Waals surface area (Å²) in [4.78, 5) is 17.1. The van der Waals surface area contributed by atoms with Gasteiger partial charge in [0.25, 0.3) is 5.91 Å². The lowest BCUT2D eigenvalue weighted by molar-refractivity contribution is 0.0764. The molecule has 1 aliphatic heterocycles. The van der Waals surface area contributed by atoms with Gasteiger partial charge in [-0.1, -0.05) is 0 Å². The molecule has 1 aromatic heterocycles. The van der Waals surface area contributed by atoms with Gasteiger partial charge in [0.15, 0.2) is 0 Å². The second-order valence-electron chi connectivity index (χ2n) is 3.63. The molecule has 0 saturated carbocycles. The molecule has 0 radical (unpaired) electrons. The molecule has 1 fully saturated rings. The average Bonchev–Trinajstić information content (AvgIpc) is 2.64. The number of aliphatic hydroxyl groups excluding tert-OH is 1. The summed E-state index contributed by atoms with van der Waals surface area (Å²) in [6.07, 6.45) is 2.86. The van der Waals surface area contributed by atoms with E-state index in [2.05, 4.69) is 4.98 Å². The number of nitrogens with zero attached hydrogens (tertiary/aromatic N) is 2. The molecular formula is C10H12N2O3. The minimum Gasteiger partial charge on any atom is -0.506 e. The Bertz CT molecular complexity index is 381. The zero-order valence-electron chi connectivity index (χ0n) is 8.13. The number of aliphatic hydroxyl groups is 1. The van der Waals surface area contributed by atoms with Gasteiger partial charge in [-0.25, -0.2) is 0 Å². The number of carbonyl (C=O) groups excluding carboxylic acids is 1. The molecule has 0 bridgehead atoms. The van der Waals surface area contributed by atoms with Crippen molar-refractivity contribution in [3.8, 4) is 5.75 Å². The summed E-state index contributed by atoms with van der Waals surface area (Å²) >= 11 is 0. The molecule has 5 nitrogen and oxygen atoms in total. The number of carbonyl (C=O) groups is 1. The van der Waals surface area contributed by atoms with Crippen molar-refractivity contribution in [2.45, 2.75) is 12.5 Å². The summed E-state index contributed by atoms with van der Waals surface area (Å²) in [6, 6.07) is 1.38. The van der Waals surface area contributed by atoms with Crippen LogP contribution in [0.5, 0.6) is 5.75 Å². The first kappa shape index (κ1) is 9.92. The van der Waals surface area contributed by atoms with Crippen molar-refractivity contribution in [2.75, 3.05) is 13.1 Å². The number of hydrogen-bond donors (Lipinski definition) is 2. The van der Waals surface area contributed by atoms with Crippen LogP contribution in [0, 0.1) is 0 Å². The molecule has 2 rings (SSSR count). The predicted octanol–water partition coefficient (Wildman–Crippen LogP) is -0.00600. The highest BCUT2D eigenvalue weighted by molar-refractivity contribution is 5.94. The molecule has 1 saturated heterocycles. The van der Waals surface area contributed by atoms with Crippen LogP contribution in [0.4, 0.5) is 0 Å². The molecule has 2 N–H and O–H groups in total. The summed E-state index contributed by atoms with van der Waals surface area (Å²) in [6.45, 7) is 0.907. The highest BCUT2D eigenvalue weighted by Gasteiger charge is 2.25. The first-order valence-corrected chi connectivity index (χ1v) is 4.78. The second kappa shape index (κ2) is 3.86. The second-order valence-corrected chi connectivity index (χ2v) is 3.63. The van der Waals surface area contributed by atoms with Crippen molar-refractivity contribution >= 4 is 5.91 Å². The monoisotopic (exact) mass is 208 g/mol. The van der Waals surface area contributed by atoms with Gasteiger partial charge in [0, 0.05) is 19.3 Å². The molecule has 1 amide bonds. The molecule has 0 unspecified atom stereocenters. The maximum absolute atomic E-state index is 11.8. The van der Waals surface area contributed by atoms with Crippen molar-refractivity contribution in [2.24, 2.45) is 0 Å². The zero-order valence-corrected chi connectivity index (χ0v) is 8.13. The fourth-order valence-corrected chi connectivity index (χ4v) is 1.65. The first-order chi connectivity index (χ1) is 7.16. The Hall–Kier alpha value is -1.62. The molecule has 1 atom stereocenters.